The van der Waals surface area contributed by atoms with Crippen molar-refractivity contribution in [3.05, 3.63) is 60.7 Å². The Labute approximate surface area is 126 Å². The Bertz CT molecular complexity index is 931. The van der Waals surface area contributed by atoms with Gasteiger partial charge in [0.1, 0.15) is 0 Å². The summed E-state index contributed by atoms with van der Waals surface area (Å²) in [6.07, 6.45) is 0. The molecule has 2 heterocycles. The molecule has 0 aliphatic carbocycles. The van der Waals surface area contributed by atoms with Crippen molar-refractivity contribution in [2.75, 3.05) is 5.73 Å². The molecule has 0 aliphatic rings. The van der Waals surface area contributed by atoms with Gasteiger partial charge in [0.15, 0.2) is 22.8 Å². The third-order valence-electron chi connectivity index (χ3n) is 3.36. The van der Waals surface area contributed by atoms with Crippen molar-refractivity contribution in [1.29, 1.82) is 0 Å². The van der Waals surface area contributed by atoms with Gasteiger partial charge in [0.05, 0.1) is 5.69 Å². The molecule has 0 fully saturated rings. The van der Waals surface area contributed by atoms with E-state index in [1.54, 1.807) is 4.68 Å². The summed E-state index contributed by atoms with van der Waals surface area (Å²) >= 11 is 0. The molecule has 2 N–H and O–H groups in total. The summed E-state index contributed by atoms with van der Waals surface area (Å²) in [5.41, 5.74) is 8.89. The second-order valence-electron chi connectivity index (χ2n) is 4.81. The van der Waals surface area contributed by atoms with Crippen molar-refractivity contribution in [2.24, 2.45) is 0 Å². The lowest BCUT2D eigenvalue weighted by atomic mass is 10.2. The predicted molar refractivity (Wildman–Crippen MR) is 84.3 cm³/mol. The highest BCUT2D eigenvalue weighted by molar-refractivity contribution is 5.84. The third kappa shape index (κ3) is 1.98. The fourth-order valence-corrected chi connectivity index (χ4v) is 2.29. The molecule has 0 amide bonds. The molecular weight excluding hydrogens is 276 g/mol. The van der Waals surface area contributed by atoms with Crippen molar-refractivity contribution >= 4 is 17.0 Å². The minimum Gasteiger partial charge on any atom is -0.382 e. The number of aromatic nitrogens is 5. The van der Waals surface area contributed by atoms with Gasteiger partial charge in [-0.05, 0) is 12.1 Å². The monoisotopic (exact) mass is 288 g/mol. The summed E-state index contributed by atoms with van der Waals surface area (Å²) in [5, 5.41) is 8.24. The molecule has 6 heteroatoms. The SMILES string of the molecule is Nc1nc(-c2ccccc2)nc2c1nnn2-c1ccccc1. The third-order valence-corrected chi connectivity index (χ3v) is 3.36. The molecule has 0 bridgehead atoms. The second-order valence-corrected chi connectivity index (χ2v) is 4.81. The van der Waals surface area contributed by atoms with E-state index in [-0.39, 0.29) is 0 Å². The Morgan fingerprint density at radius 1 is 0.818 bits per heavy atom. The first-order chi connectivity index (χ1) is 10.8. The van der Waals surface area contributed by atoms with Crippen LogP contribution in [0.2, 0.25) is 0 Å². The van der Waals surface area contributed by atoms with Crippen LogP contribution < -0.4 is 5.73 Å². The van der Waals surface area contributed by atoms with Crippen LogP contribution in [-0.2, 0) is 0 Å². The molecule has 4 rings (SSSR count). The number of anilines is 1. The van der Waals surface area contributed by atoms with E-state index in [1.807, 2.05) is 60.7 Å². The number of fused-ring (bicyclic) bond motifs is 1. The van der Waals surface area contributed by atoms with Crippen LogP contribution in [0.4, 0.5) is 5.82 Å². The van der Waals surface area contributed by atoms with Crippen LogP contribution >= 0.6 is 0 Å². The van der Waals surface area contributed by atoms with Gasteiger partial charge in [-0.25, -0.2) is 9.97 Å². The number of para-hydroxylation sites is 1. The van der Waals surface area contributed by atoms with Crippen molar-refractivity contribution < 1.29 is 0 Å². The van der Waals surface area contributed by atoms with Gasteiger partial charge in [0.2, 0.25) is 0 Å². The topological polar surface area (TPSA) is 82.5 Å². The van der Waals surface area contributed by atoms with Gasteiger partial charge < -0.3 is 5.73 Å². The summed E-state index contributed by atoms with van der Waals surface area (Å²) in [6, 6.07) is 19.4. The van der Waals surface area contributed by atoms with Gasteiger partial charge in [-0.15, -0.1) is 5.10 Å². The zero-order valence-corrected chi connectivity index (χ0v) is 11.6. The van der Waals surface area contributed by atoms with Crippen LogP contribution in [0.15, 0.2) is 60.7 Å². The number of hydrogen-bond donors (Lipinski definition) is 1. The quantitative estimate of drug-likeness (QED) is 0.612. The Morgan fingerprint density at radius 2 is 1.50 bits per heavy atom. The Kier molecular flexibility index (Phi) is 2.79. The van der Waals surface area contributed by atoms with E-state index >= 15 is 0 Å². The number of hydrogen-bond acceptors (Lipinski definition) is 5. The first-order valence-corrected chi connectivity index (χ1v) is 6.83. The largest absolute Gasteiger partial charge is 0.382 e. The lowest BCUT2D eigenvalue weighted by molar-refractivity contribution is 0.817. The number of benzene rings is 2. The van der Waals surface area contributed by atoms with E-state index in [1.165, 1.54) is 0 Å². The van der Waals surface area contributed by atoms with Crippen molar-refractivity contribution in [1.82, 2.24) is 25.0 Å². The summed E-state index contributed by atoms with van der Waals surface area (Å²) in [7, 11) is 0. The van der Waals surface area contributed by atoms with E-state index in [0.717, 1.165) is 11.3 Å². The predicted octanol–water partition coefficient (Wildman–Crippen LogP) is 2.46. The molecule has 0 unspecified atom stereocenters. The van der Waals surface area contributed by atoms with Crippen LogP contribution in [0.3, 0.4) is 0 Å². The average Bonchev–Trinajstić information content (AvgIpc) is 3.01. The van der Waals surface area contributed by atoms with Crippen LogP contribution in [0.25, 0.3) is 28.2 Å². The maximum Gasteiger partial charge on any atom is 0.189 e. The number of nitrogens with two attached hydrogens (primary N) is 1. The zero-order valence-electron chi connectivity index (χ0n) is 11.6. The number of nitrogens with zero attached hydrogens (tertiary/aromatic N) is 5. The smallest absolute Gasteiger partial charge is 0.189 e. The summed E-state index contributed by atoms with van der Waals surface area (Å²) in [6.45, 7) is 0. The lowest BCUT2D eigenvalue weighted by Gasteiger charge is -2.04. The van der Waals surface area contributed by atoms with E-state index < -0.39 is 0 Å². The molecule has 0 saturated heterocycles. The number of nitrogen functional groups attached to an aromatic ring is 1. The van der Waals surface area contributed by atoms with E-state index in [2.05, 4.69) is 20.3 Å². The lowest BCUT2D eigenvalue weighted by Crippen LogP contribution is -2.01. The van der Waals surface area contributed by atoms with Crippen molar-refractivity contribution in [2.45, 2.75) is 0 Å². The first-order valence-electron chi connectivity index (χ1n) is 6.83. The van der Waals surface area contributed by atoms with Crippen LogP contribution in [0.1, 0.15) is 0 Å². The Balaban J connectivity index is 1.97. The van der Waals surface area contributed by atoms with Crippen molar-refractivity contribution in [3.8, 4) is 17.1 Å². The fourth-order valence-electron chi connectivity index (χ4n) is 2.29. The maximum absolute atomic E-state index is 6.02. The standard InChI is InChI=1S/C16H12N6/c17-14-13-16(19-15(18-14)11-7-3-1-4-8-11)22(21-20-13)12-9-5-2-6-10-12/h1-10H,(H2,17,18,19). The van der Waals surface area contributed by atoms with Gasteiger partial charge in [0, 0.05) is 5.56 Å². The van der Waals surface area contributed by atoms with Crippen LogP contribution in [-0.4, -0.2) is 25.0 Å². The van der Waals surface area contributed by atoms with E-state index in [0.29, 0.717) is 22.8 Å². The minimum atomic E-state index is 0.325. The molecule has 22 heavy (non-hydrogen) atoms. The molecule has 6 nitrogen and oxygen atoms in total. The highest BCUT2D eigenvalue weighted by Gasteiger charge is 2.14. The molecule has 0 aliphatic heterocycles. The van der Waals surface area contributed by atoms with Gasteiger partial charge in [-0.3, -0.25) is 0 Å². The zero-order chi connectivity index (χ0) is 14.9. The van der Waals surface area contributed by atoms with Gasteiger partial charge >= 0.3 is 0 Å². The molecule has 2 aromatic heterocycles. The summed E-state index contributed by atoms with van der Waals surface area (Å²) in [4.78, 5) is 8.92. The molecule has 4 aromatic rings. The first kappa shape index (κ1) is 12.5. The van der Waals surface area contributed by atoms with Gasteiger partial charge in [-0.1, -0.05) is 53.7 Å². The van der Waals surface area contributed by atoms with Crippen molar-refractivity contribution in [3.63, 3.8) is 0 Å². The summed E-state index contributed by atoms with van der Waals surface area (Å²) < 4.78 is 1.67. The second kappa shape index (κ2) is 4.92. The molecular formula is C16H12N6. The number of rotatable bonds is 2. The van der Waals surface area contributed by atoms with E-state index in [9.17, 15) is 0 Å². The molecule has 0 atom stereocenters. The molecule has 0 spiro atoms. The minimum absolute atomic E-state index is 0.325. The molecule has 0 radical (unpaired) electrons. The maximum atomic E-state index is 6.02. The summed E-state index contributed by atoms with van der Waals surface area (Å²) in [5.74, 6) is 0.885. The molecule has 106 valence electrons. The normalized spacial score (nSPS) is 10.9. The van der Waals surface area contributed by atoms with Gasteiger partial charge in [-0.2, -0.15) is 4.68 Å². The van der Waals surface area contributed by atoms with E-state index in [4.69, 9.17) is 5.73 Å². The van der Waals surface area contributed by atoms with Crippen LogP contribution in [0.5, 0.6) is 0 Å². The average molecular weight is 288 g/mol. The van der Waals surface area contributed by atoms with Gasteiger partial charge in [0.25, 0.3) is 0 Å². The molecule has 0 saturated carbocycles. The van der Waals surface area contributed by atoms with Crippen LogP contribution in [0, 0.1) is 0 Å². The highest BCUT2D eigenvalue weighted by Crippen LogP contribution is 2.22. The fraction of sp³-hybridized carbons (Fsp3) is 0. The highest BCUT2D eigenvalue weighted by atomic mass is 15.4. The Morgan fingerprint density at radius 3 is 2.23 bits per heavy atom. The molecule has 2 aromatic carbocycles. The Hall–Kier alpha value is -3.28.